The lowest BCUT2D eigenvalue weighted by atomic mass is 10.1. The van der Waals surface area contributed by atoms with Gasteiger partial charge in [-0.3, -0.25) is 0 Å². The monoisotopic (exact) mass is 450 g/mol. The van der Waals surface area contributed by atoms with E-state index in [2.05, 4.69) is 55.2 Å². The largest absolute Gasteiger partial charge is 0.402 e. The highest BCUT2D eigenvalue weighted by molar-refractivity contribution is 7.99. The van der Waals surface area contributed by atoms with Crippen molar-refractivity contribution in [2.24, 2.45) is 4.99 Å². The first-order valence-electron chi connectivity index (χ1n) is 10.7. The molecule has 162 valence electrons. The van der Waals surface area contributed by atoms with E-state index in [1.54, 1.807) is 17.8 Å². The topological polar surface area (TPSA) is 51.6 Å². The normalized spacial score (nSPS) is 14.6. The summed E-state index contributed by atoms with van der Waals surface area (Å²) in [5.41, 5.74) is 6.23. The fourth-order valence-electron chi connectivity index (χ4n) is 3.71. The van der Waals surface area contributed by atoms with Crippen LogP contribution in [-0.2, 0) is 9.53 Å². The Balaban J connectivity index is 1.60. The van der Waals surface area contributed by atoms with Gasteiger partial charge in [0.05, 0.1) is 5.52 Å². The van der Waals surface area contributed by atoms with Crippen LogP contribution in [0, 0.1) is 20.8 Å². The van der Waals surface area contributed by atoms with E-state index in [4.69, 9.17) is 9.72 Å². The second-order valence-corrected chi connectivity index (χ2v) is 9.21. The zero-order valence-corrected chi connectivity index (χ0v) is 19.4. The van der Waals surface area contributed by atoms with E-state index in [0.29, 0.717) is 5.90 Å². The first kappa shape index (κ1) is 21.2. The molecular formula is C28H22N2O2S. The summed E-state index contributed by atoms with van der Waals surface area (Å²) in [7, 11) is 0. The number of aryl methyl sites for hydroxylation is 3. The van der Waals surface area contributed by atoms with Gasteiger partial charge in [-0.15, -0.1) is 0 Å². The van der Waals surface area contributed by atoms with Crippen molar-refractivity contribution in [3.8, 4) is 0 Å². The second kappa shape index (κ2) is 8.68. The molecule has 0 fully saturated rings. The van der Waals surface area contributed by atoms with Gasteiger partial charge < -0.3 is 4.74 Å². The molecule has 5 heteroatoms. The average molecular weight is 451 g/mol. The third kappa shape index (κ3) is 4.45. The molecule has 2 heterocycles. The standard InChI is InChI=1S/C28H22N2O2S/c1-17-10-12-23(13-11-17)33-27-22(15-20-8-5-7-19(3)25(20)30-27)16-24-28(31)32-26(29-24)21-9-4-6-18(2)14-21/h4-16H,1-3H3. The molecule has 3 aromatic carbocycles. The Morgan fingerprint density at radius 2 is 1.67 bits per heavy atom. The number of nitrogens with zero attached hydrogens (tertiary/aromatic N) is 2. The average Bonchev–Trinajstić information content (AvgIpc) is 3.16. The summed E-state index contributed by atoms with van der Waals surface area (Å²) in [6.07, 6.45) is 1.77. The lowest BCUT2D eigenvalue weighted by Crippen LogP contribution is -2.05. The zero-order chi connectivity index (χ0) is 22.9. The van der Waals surface area contributed by atoms with Crippen LogP contribution in [0.1, 0.15) is 27.8 Å². The maximum atomic E-state index is 12.6. The first-order chi connectivity index (χ1) is 16.0. The van der Waals surface area contributed by atoms with E-state index < -0.39 is 5.97 Å². The zero-order valence-electron chi connectivity index (χ0n) is 18.6. The lowest BCUT2D eigenvalue weighted by Gasteiger charge is -2.10. The van der Waals surface area contributed by atoms with Crippen LogP contribution in [0.25, 0.3) is 17.0 Å². The number of benzene rings is 3. The van der Waals surface area contributed by atoms with E-state index >= 15 is 0 Å². The number of ether oxygens (including phenoxy) is 1. The van der Waals surface area contributed by atoms with Gasteiger partial charge in [-0.1, -0.05) is 65.4 Å². The molecule has 5 rings (SSSR count). The molecule has 0 bridgehead atoms. The molecule has 0 aliphatic carbocycles. The van der Waals surface area contributed by atoms with Crippen molar-refractivity contribution >= 4 is 40.6 Å². The van der Waals surface area contributed by atoms with Gasteiger partial charge >= 0.3 is 5.97 Å². The fraction of sp³-hybridized carbons (Fsp3) is 0.107. The highest BCUT2D eigenvalue weighted by Crippen LogP contribution is 2.34. The highest BCUT2D eigenvalue weighted by Gasteiger charge is 2.25. The number of aliphatic imine (C=N–C) groups is 1. The van der Waals surface area contributed by atoms with Gasteiger partial charge in [-0.25, -0.2) is 14.8 Å². The number of rotatable bonds is 4. The number of hydrogen-bond donors (Lipinski definition) is 0. The van der Waals surface area contributed by atoms with Crippen LogP contribution in [0.15, 0.2) is 93.4 Å². The molecule has 0 spiro atoms. The fourth-order valence-corrected chi connectivity index (χ4v) is 4.58. The summed E-state index contributed by atoms with van der Waals surface area (Å²) >= 11 is 1.57. The predicted octanol–water partition coefficient (Wildman–Crippen LogP) is 6.66. The summed E-state index contributed by atoms with van der Waals surface area (Å²) in [4.78, 5) is 23.2. The number of esters is 1. The Kier molecular flexibility index (Phi) is 5.56. The highest BCUT2D eigenvalue weighted by atomic mass is 32.2. The van der Waals surface area contributed by atoms with Gasteiger partial charge in [0.25, 0.3) is 0 Å². The minimum absolute atomic E-state index is 0.270. The Hall–Kier alpha value is -3.70. The minimum atomic E-state index is -0.456. The number of carbonyl (C=O) groups is 1. The Morgan fingerprint density at radius 3 is 2.45 bits per heavy atom. The van der Waals surface area contributed by atoms with Crippen molar-refractivity contribution in [3.05, 3.63) is 106 Å². The summed E-state index contributed by atoms with van der Waals surface area (Å²) in [5, 5.41) is 1.84. The van der Waals surface area contributed by atoms with Gasteiger partial charge in [0, 0.05) is 21.4 Å². The molecule has 33 heavy (non-hydrogen) atoms. The molecular weight excluding hydrogens is 428 g/mol. The minimum Gasteiger partial charge on any atom is -0.402 e. The summed E-state index contributed by atoms with van der Waals surface area (Å²) < 4.78 is 5.48. The summed E-state index contributed by atoms with van der Waals surface area (Å²) in [6, 6.07) is 24.3. The number of fused-ring (bicyclic) bond motifs is 1. The van der Waals surface area contributed by atoms with E-state index in [-0.39, 0.29) is 5.70 Å². The molecule has 0 saturated carbocycles. The van der Waals surface area contributed by atoms with Crippen molar-refractivity contribution in [2.45, 2.75) is 30.7 Å². The number of carbonyl (C=O) groups excluding carboxylic acids is 1. The van der Waals surface area contributed by atoms with Crippen molar-refractivity contribution < 1.29 is 9.53 Å². The molecule has 4 nitrogen and oxygen atoms in total. The molecule has 0 N–H and O–H groups in total. The van der Waals surface area contributed by atoms with Crippen molar-refractivity contribution in [3.63, 3.8) is 0 Å². The van der Waals surface area contributed by atoms with E-state index in [1.807, 2.05) is 43.3 Å². The van der Waals surface area contributed by atoms with E-state index in [1.165, 1.54) is 5.56 Å². The smallest absolute Gasteiger partial charge is 0.363 e. The first-order valence-corrected chi connectivity index (χ1v) is 11.5. The molecule has 0 atom stereocenters. The van der Waals surface area contributed by atoms with Crippen LogP contribution < -0.4 is 0 Å². The van der Waals surface area contributed by atoms with Crippen molar-refractivity contribution in [1.82, 2.24) is 4.98 Å². The molecule has 4 aromatic rings. The second-order valence-electron chi connectivity index (χ2n) is 8.15. The Morgan fingerprint density at radius 1 is 0.879 bits per heavy atom. The van der Waals surface area contributed by atoms with Crippen LogP contribution in [0.2, 0.25) is 0 Å². The molecule has 0 amide bonds. The number of para-hydroxylation sites is 1. The number of hydrogen-bond acceptors (Lipinski definition) is 5. The van der Waals surface area contributed by atoms with Gasteiger partial charge in [0.15, 0.2) is 5.70 Å². The maximum Gasteiger partial charge on any atom is 0.363 e. The van der Waals surface area contributed by atoms with Crippen molar-refractivity contribution in [2.75, 3.05) is 0 Å². The Labute approximate surface area is 197 Å². The predicted molar refractivity (Wildman–Crippen MR) is 134 cm³/mol. The number of cyclic esters (lactones) is 1. The van der Waals surface area contributed by atoms with Gasteiger partial charge in [-0.2, -0.15) is 0 Å². The van der Waals surface area contributed by atoms with E-state index in [9.17, 15) is 4.79 Å². The molecule has 1 aliphatic heterocycles. The van der Waals surface area contributed by atoms with Crippen LogP contribution in [0.5, 0.6) is 0 Å². The third-order valence-electron chi connectivity index (χ3n) is 5.45. The van der Waals surface area contributed by atoms with Crippen LogP contribution in [0.3, 0.4) is 0 Å². The van der Waals surface area contributed by atoms with Crippen LogP contribution in [0.4, 0.5) is 0 Å². The van der Waals surface area contributed by atoms with Crippen LogP contribution >= 0.6 is 11.8 Å². The summed E-state index contributed by atoms with van der Waals surface area (Å²) in [6.45, 7) is 6.12. The molecule has 0 unspecified atom stereocenters. The molecule has 1 aromatic heterocycles. The Bertz CT molecular complexity index is 1450. The molecule has 0 saturated heterocycles. The van der Waals surface area contributed by atoms with Crippen LogP contribution in [-0.4, -0.2) is 16.9 Å². The van der Waals surface area contributed by atoms with E-state index in [0.717, 1.165) is 43.1 Å². The number of aromatic nitrogens is 1. The maximum absolute atomic E-state index is 12.6. The lowest BCUT2D eigenvalue weighted by molar-refractivity contribution is -0.129. The van der Waals surface area contributed by atoms with Gasteiger partial charge in [0.2, 0.25) is 5.90 Å². The molecule has 0 radical (unpaired) electrons. The third-order valence-corrected chi connectivity index (χ3v) is 6.48. The van der Waals surface area contributed by atoms with Crippen molar-refractivity contribution in [1.29, 1.82) is 0 Å². The quantitative estimate of drug-likeness (QED) is 0.258. The SMILES string of the molecule is Cc1ccc(Sc2nc3c(C)cccc3cc2C=C2N=C(c3cccc(C)c3)OC2=O)cc1. The van der Waals surface area contributed by atoms with Gasteiger partial charge in [0.1, 0.15) is 5.03 Å². The molecule has 1 aliphatic rings. The number of pyridine rings is 1. The summed E-state index contributed by atoms with van der Waals surface area (Å²) in [5.74, 6) is -0.130. The van der Waals surface area contributed by atoms with Gasteiger partial charge in [-0.05, 0) is 62.7 Å².